The minimum atomic E-state index is -3.37. The van der Waals surface area contributed by atoms with Gasteiger partial charge in [-0.25, -0.2) is 18.4 Å². The van der Waals surface area contributed by atoms with Crippen LogP contribution in [0.3, 0.4) is 0 Å². The van der Waals surface area contributed by atoms with Gasteiger partial charge in [0.2, 0.25) is 10.0 Å². The first kappa shape index (κ1) is 18.2. The van der Waals surface area contributed by atoms with Crippen LogP contribution in [0.4, 0.5) is 4.79 Å². The second-order valence-corrected chi connectivity index (χ2v) is 8.15. The molecule has 0 unspecified atom stereocenters. The fourth-order valence-electron chi connectivity index (χ4n) is 2.17. The molecule has 0 aliphatic carbocycles. The third-order valence-corrected chi connectivity index (χ3v) is 4.04. The highest BCUT2D eigenvalue weighted by Gasteiger charge is 2.26. The summed E-state index contributed by atoms with van der Waals surface area (Å²) in [7, 11) is -3.37. The molecule has 0 aromatic carbocycles. The molecule has 0 atom stereocenters. The van der Waals surface area contributed by atoms with Crippen molar-refractivity contribution in [1.82, 2.24) is 10.2 Å². The molecule has 0 spiro atoms. The maximum atomic E-state index is 11.9. The predicted molar refractivity (Wildman–Crippen MR) is 81.4 cm³/mol. The molecule has 1 aliphatic rings. The van der Waals surface area contributed by atoms with Crippen LogP contribution in [0.15, 0.2) is 0 Å². The minimum absolute atomic E-state index is 0.00322. The first-order valence-corrected chi connectivity index (χ1v) is 9.00. The average Bonchev–Trinajstić information content (AvgIpc) is 2.32. The number of carbonyl (C=O) groups is 1. The number of hydrogen-bond acceptors (Lipinski definition) is 5. The monoisotopic (exact) mass is 321 g/mol. The molecule has 1 saturated heterocycles. The lowest BCUT2D eigenvalue weighted by atomic mass is 10.1. The zero-order chi connectivity index (χ0) is 16.1. The van der Waals surface area contributed by atoms with Gasteiger partial charge in [-0.15, -0.1) is 0 Å². The molecule has 1 aliphatic heterocycles. The second-order valence-electron chi connectivity index (χ2n) is 6.42. The smallest absolute Gasteiger partial charge is 0.410 e. The molecule has 124 valence electrons. The van der Waals surface area contributed by atoms with Gasteiger partial charge in [-0.1, -0.05) is 0 Å². The molecule has 0 saturated carbocycles. The molecule has 1 amide bonds. The van der Waals surface area contributed by atoms with Gasteiger partial charge in [0.25, 0.3) is 0 Å². The minimum Gasteiger partial charge on any atom is -0.444 e. The topological polar surface area (TPSA) is 102 Å². The van der Waals surface area contributed by atoms with E-state index in [1.807, 2.05) is 20.8 Å². The Bertz CT molecular complexity index is 437. The Hall–Kier alpha value is -0.860. The summed E-state index contributed by atoms with van der Waals surface area (Å²) in [5, 5.41) is 8.25. The number of piperidine rings is 1. The Morgan fingerprint density at radius 3 is 2.38 bits per heavy atom. The maximum Gasteiger partial charge on any atom is 0.410 e. The first-order valence-electron chi connectivity index (χ1n) is 7.28. The molecule has 1 rings (SSSR count). The number of sulfonamides is 1. The Balaban J connectivity index is 2.22. The van der Waals surface area contributed by atoms with E-state index in [2.05, 4.69) is 5.32 Å². The first-order chi connectivity index (χ1) is 9.57. The molecular formula is C13H27N3O4S. The standard InChI is InChI=1S/C13H27N3O4S/c1-13(2,3)20-12(17)16-8-5-11(6-9-16)15-7-4-10-21(14,18)19/h11,15H,4-10H2,1-3H3,(H2,14,18,19). The predicted octanol–water partition coefficient (Wildman–Crippen LogP) is 0.654. The Morgan fingerprint density at radius 1 is 1.33 bits per heavy atom. The summed E-state index contributed by atoms with van der Waals surface area (Å²) in [6.45, 7) is 7.48. The number of nitrogens with one attached hydrogen (secondary N) is 1. The molecule has 1 fully saturated rings. The van der Waals surface area contributed by atoms with Crippen molar-refractivity contribution in [3.8, 4) is 0 Å². The van der Waals surface area contributed by atoms with Crippen molar-refractivity contribution in [3.63, 3.8) is 0 Å². The average molecular weight is 321 g/mol. The van der Waals surface area contributed by atoms with Crippen LogP contribution in [0, 0.1) is 0 Å². The van der Waals surface area contributed by atoms with E-state index in [1.54, 1.807) is 4.90 Å². The zero-order valence-electron chi connectivity index (χ0n) is 13.1. The van der Waals surface area contributed by atoms with Crippen molar-refractivity contribution in [2.24, 2.45) is 5.14 Å². The van der Waals surface area contributed by atoms with Crippen molar-refractivity contribution >= 4 is 16.1 Å². The van der Waals surface area contributed by atoms with Gasteiger partial charge in [-0.2, -0.15) is 0 Å². The van der Waals surface area contributed by atoms with Gasteiger partial charge < -0.3 is 15.0 Å². The summed E-state index contributed by atoms with van der Waals surface area (Å²) in [6.07, 6.45) is 1.92. The van der Waals surface area contributed by atoms with E-state index in [0.717, 1.165) is 12.8 Å². The third kappa shape index (κ3) is 8.23. The summed E-state index contributed by atoms with van der Waals surface area (Å²) in [4.78, 5) is 13.6. The molecule has 0 aromatic heterocycles. The Kier molecular flexibility index (Phi) is 6.42. The van der Waals surface area contributed by atoms with Gasteiger partial charge >= 0.3 is 6.09 Å². The number of primary sulfonamides is 1. The summed E-state index contributed by atoms with van der Waals surface area (Å²) in [5.74, 6) is -0.00322. The van der Waals surface area contributed by atoms with Crippen LogP contribution < -0.4 is 10.5 Å². The number of carbonyl (C=O) groups excluding carboxylic acids is 1. The molecule has 1 heterocycles. The molecule has 0 aromatic rings. The highest BCUT2D eigenvalue weighted by Crippen LogP contribution is 2.15. The fraction of sp³-hybridized carbons (Fsp3) is 0.923. The molecule has 3 N–H and O–H groups in total. The number of nitrogens with two attached hydrogens (primary N) is 1. The maximum absolute atomic E-state index is 11.9. The lowest BCUT2D eigenvalue weighted by Gasteiger charge is -2.33. The summed E-state index contributed by atoms with van der Waals surface area (Å²) in [6, 6.07) is 0.309. The summed E-state index contributed by atoms with van der Waals surface area (Å²) >= 11 is 0. The van der Waals surface area contributed by atoms with Gasteiger partial charge in [-0.05, 0) is 46.6 Å². The van der Waals surface area contributed by atoms with Crippen LogP contribution in [0.25, 0.3) is 0 Å². The lowest BCUT2D eigenvalue weighted by Crippen LogP contribution is -2.46. The number of hydrogen-bond donors (Lipinski definition) is 2. The summed E-state index contributed by atoms with van der Waals surface area (Å²) < 4.78 is 26.9. The van der Waals surface area contributed by atoms with Crippen LogP contribution in [0.2, 0.25) is 0 Å². The number of rotatable bonds is 5. The van der Waals surface area contributed by atoms with Crippen molar-refractivity contribution in [2.75, 3.05) is 25.4 Å². The van der Waals surface area contributed by atoms with E-state index in [4.69, 9.17) is 9.88 Å². The molecule has 8 heteroatoms. The summed E-state index contributed by atoms with van der Waals surface area (Å²) in [5.41, 5.74) is -0.472. The van der Waals surface area contributed by atoms with E-state index in [9.17, 15) is 13.2 Å². The quantitative estimate of drug-likeness (QED) is 0.724. The molecule has 21 heavy (non-hydrogen) atoms. The highest BCUT2D eigenvalue weighted by molar-refractivity contribution is 7.89. The van der Waals surface area contributed by atoms with Crippen LogP contribution in [-0.2, 0) is 14.8 Å². The zero-order valence-corrected chi connectivity index (χ0v) is 13.9. The van der Waals surface area contributed by atoms with Gasteiger partial charge in [0.1, 0.15) is 5.60 Å². The van der Waals surface area contributed by atoms with E-state index in [1.165, 1.54) is 0 Å². The van der Waals surface area contributed by atoms with E-state index < -0.39 is 15.6 Å². The van der Waals surface area contributed by atoms with E-state index >= 15 is 0 Å². The number of likely N-dealkylation sites (tertiary alicyclic amines) is 1. The number of nitrogens with zero attached hydrogens (tertiary/aromatic N) is 1. The normalized spacial score (nSPS) is 17.8. The van der Waals surface area contributed by atoms with Crippen molar-refractivity contribution in [3.05, 3.63) is 0 Å². The van der Waals surface area contributed by atoms with Crippen molar-refractivity contribution in [2.45, 2.75) is 51.7 Å². The van der Waals surface area contributed by atoms with Crippen molar-refractivity contribution < 1.29 is 17.9 Å². The largest absolute Gasteiger partial charge is 0.444 e. The van der Waals surface area contributed by atoms with Gasteiger partial charge in [-0.3, -0.25) is 0 Å². The SMILES string of the molecule is CC(C)(C)OC(=O)N1CCC(NCCCS(N)(=O)=O)CC1. The van der Waals surface area contributed by atoms with Crippen LogP contribution in [0.1, 0.15) is 40.0 Å². The van der Waals surface area contributed by atoms with Crippen LogP contribution in [0.5, 0.6) is 0 Å². The van der Waals surface area contributed by atoms with Gasteiger partial charge in [0, 0.05) is 19.1 Å². The van der Waals surface area contributed by atoms with Crippen molar-refractivity contribution in [1.29, 1.82) is 0 Å². The Labute approximate surface area is 127 Å². The van der Waals surface area contributed by atoms with Crippen LogP contribution >= 0.6 is 0 Å². The van der Waals surface area contributed by atoms with Gasteiger partial charge in [0.05, 0.1) is 5.75 Å². The van der Waals surface area contributed by atoms with Crippen LogP contribution in [-0.4, -0.2) is 56.4 Å². The molecule has 0 bridgehead atoms. The molecule has 0 radical (unpaired) electrons. The number of ether oxygens (including phenoxy) is 1. The van der Waals surface area contributed by atoms with E-state index in [-0.39, 0.29) is 11.8 Å². The lowest BCUT2D eigenvalue weighted by molar-refractivity contribution is 0.0198. The number of amides is 1. The molecule has 7 nitrogen and oxygen atoms in total. The highest BCUT2D eigenvalue weighted by atomic mass is 32.2. The molecular weight excluding hydrogens is 294 g/mol. The van der Waals surface area contributed by atoms with Gasteiger partial charge in [0.15, 0.2) is 0 Å². The second kappa shape index (κ2) is 7.42. The Morgan fingerprint density at radius 2 is 1.90 bits per heavy atom. The fourth-order valence-corrected chi connectivity index (χ4v) is 2.72. The third-order valence-electron chi connectivity index (χ3n) is 3.19. The van der Waals surface area contributed by atoms with E-state index in [0.29, 0.717) is 32.1 Å².